The van der Waals surface area contributed by atoms with E-state index in [2.05, 4.69) is 15.3 Å². The Kier molecular flexibility index (Phi) is 4.51. The van der Waals surface area contributed by atoms with Gasteiger partial charge in [0.05, 0.1) is 34.4 Å². The molecule has 0 radical (unpaired) electrons. The van der Waals surface area contributed by atoms with Crippen LogP contribution in [0.25, 0.3) is 28.0 Å². The molecule has 2 aromatic carbocycles. The number of hydrogen-bond donors (Lipinski definition) is 0. The number of rotatable bonds is 3. The quantitative estimate of drug-likeness (QED) is 0.472. The number of para-hydroxylation sites is 1. The highest BCUT2D eigenvalue weighted by atomic mass is 35.5. The second-order valence-corrected chi connectivity index (χ2v) is 6.53. The number of fused-ring (bicyclic) bond motifs is 1. The second-order valence-electron chi connectivity index (χ2n) is 5.71. The largest absolute Gasteiger partial charge is 0.465 e. The van der Waals surface area contributed by atoms with Crippen LogP contribution >= 0.6 is 23.2 Å². The van der Waals surface area contributed by atoms with Gasteiger partial charge in [0.1, 0.15) is 5.69 Å². The van der Waals surface area contributed by atoms with Crippen molar-refractivity contribution in [3.05, 3.63) is 70.3 Å². The molecule has 0 bridgehead atoms. The van der Waals surface area contributed by atoms with Crippen molar-refractivity contribution in [3.8, 4) is 17.1 Å². The Hall–Kier alpha value is -2.96. The van der Waals surface area contributed by atoms with Gasteiger partial charge in [-0.25, -0.2) is 14.5 Å². The van der Waals surface area contributed by atoms with Crippen molar-refractivity contribution in [1.82, 2.24) is 20.0 Å². The minimum Gasteiger partial charge on any atom is -0.465 e. The number of carbonyl (C=O) groups is 1. The van der Waals surface area contributed by atoms with Crippen LogP contribution < -0.4 is 0 Å². The summed E-state index contributed by atoms with van der Waals surface area (Å²) >= 11 is 12.0. The predicted octanol–water partition coefficient (Wildman–Crippen LogP) is 4.58. The van der Waals surface area contributed by atoms with E-state index in [1.807, 2.05) is 24.3 Å². The van der Waals surface area contributed by atoms with Crippen LogP contribution in [0, 0.1) is 0 Å². The Morgan fingerprint density at radius 2 is 1.89 bits per heavy atom. The minimum atomic E-state index is -0.445. The number of ether oxygens (including phenoxy) is 1. The number of hydrogen-bond acceptors (Lipinski definition) is 5. The minimum absolute atomic E-state index is 0.407. The first-order chi connectivity index (χ1) is 13.1. The van der Waals surface area contributed by atoms with Crippen molar-refractivity contribution in [3.63, 3.8) is 0 Å². The summed E-state index contributed by atoms with van der Waals surface area (Å²) < 4.78 is 6.39. The number of pyridine rings is 1. The van der Waals surface area contributed by atoms with Gasteiger partial charge in [0, 0.05) is 10.9 Å². The summed E-state index contributed by atoms with van der Waals surface area (Å²) in [5.41, 5.74) is 2.43. The molecule has 6 nitrogen and oxygen atoms in total. The molecule has 0 saturated heterocycles. The lowest BCUT2D eigenvalue weighted by molar-refractivity contribution is 0.0603. The Balaban J connectivity index is 1.82. The molecule has 0 aliphatic rings. The fourth-order valence-electron chi connectivity index (χ4n) is 2.72. The topological polar surface area (TPSA) is 69.9 Å². The molecule has 0 aliphatic heterocycles. The Labute approximate surface area is 164 Å². The molecule has 0 spiro atoms. The molecule has 2 aromatic heterocycles. The molecular weight excluding hydrogens is 387 g/mol. The van der Waals surface area contributed by atoms with Gasteiger partial charge in [-0.2, -0.15) is 0 Å². The standard InChI is InChI=1S/C19H12Cl2N4O2/c1-27-19(26)13-9-18(22-16-5-3-2-4-12(13)16)25-10-17(23-24-25)11-6-7-14(20)15(21)8-11/h2-10H,1H3. The van der Waals surface area contributed by atoms with Gasteiger partial charge in [-0.3, -0.25) is 0 Å². The molecule has 0 aliphatic carbocycles. The molecule has 8 heteroatoms. The molecule has 0 amide bonds. The van der Waals surface area contributed by atoms with E-state index in [1.165, 1.54) is 11.8 Å². The average molecular weight is 399 g/mol. The lowest BCUT2D eigenvalue weighted by Gasteiger charge is -2.07. The molecule has 4 rings (SSSR count). The molecule has 0 saturated carbocycles. The summed E-state index contributed by atoms with van der Waals surface area (Å²) in [6.07, 6.45) is 1.71. The third-order valence-corrected chi connectivity index (χ3v) is 4.79. The second kappa shape index (κ2) is 6.98. The number of halogens is 2. The van der Waals surface area contributed by atoms with Gasteiger partial charge in [0.25, 0.3) is 0 Å². The lowest BCUT2D eigenvalue weighted by atomic mass is 10.1. The molecule has 134 valence electrons. The van der Waals surface area contributed by atoms with E-state index < -0.39 is 5.97 Å². The maximum Gasteiger partial charge on any atom is 0.338 e. The summed E-state index contributed by atoms with van der Waals surface area (Å²) in [7, 11) is 1.34. The van der Waals surface area contributed by atoms with Gasteiger partial charge in [-0.1, -0.05) is 52.7 Å². The Morgan fingerprint density at radius 3 is 2.67 bits per heavy atom. The first kappa shape index (κ1) is 17.5. The van der Waals surface area contributed by atoms with Crippen LogP contribution in [0.5, 0.6) is 0 Å². The van der Waals surface area contributed by atoms with E-state index in [0.29, 0.717) is 38.0 Å². The van der Waals surface area contributed by atoms with Crippen LogP contribution in [0.3, 0.4) is 0 Å². The van der Waals surface area contributed by atoms with Gasteiger partial charge >= 0.3 is 5.97 Å². The molecule has 0 fully saturated rings. The smallest absolute Gasteiger partial charge is 0.338 e. The van der Waals surface area contributed by atoms with Crippen LogP contribution in [-0.4, -0.2) is 33.1 Å². The maximum absolute atomic E-state index is 12.2. The van der Waals surface area contributed by atoms with Crippen LogP contribution in [0.4, 0.5) is 0 Å². The number of methoxy groups -OCH3 is 1. The molecule has 0 N–H and O–H groups in total. The van der Waals surface area contributed by atoms with Crippen molar-refractivity contribution >= 4 is 40.1 Å². The summed E-state index contributed by atoms with van der Waals surface area (Å²) in [5, 5.41) is 9.89. The van der Waals surface area contributed by atoms with E-state index in [-0.39, 0.29) is 0 Å². The van der Waals surface area contributed by atoms with Crippen LogP contribution in [0.2, 0.25) is 10.0 Å². The Morgan fingerprint density at radius 1 is 1.07 bits per heavy atom. The summed E-state index contributed by atoms with van der Waals surface area (Å²) in [6.45, 7) is 0. The number of aromatic nitrogens is 4. The molecular formula is C19H12Cl2N4O2. The monoisotopic (exact) mass is 398 g/mol. The first-order valence-corrected chi connectivity index (χ1v) is 8.68. The summed E-state index contributed by atoms with van der Waals surface area (Å²) in [5.74, 6) is 0.00702. The molecule has 0 unspecified atom stereocenters. The van der Waals surface area contributed by atoms with Crippen molar-refractivity contribution in [2.24, 2.45) is 0 Å². The SMILES string of the molecule is COC(=O)c1cc(-n2cc(-c3ccc(Cl)c(Cl)c3)nn2)nc2ccccc12. The highest BCUT2D eigenvalue weighted by molar-refractivity contribution is 6.42. The lowest BCUT2D eigenvalue weighted by Crippen LogP contribution is -2.07. The highest BCUT2D eigenvalue weighted by Crippen LogP contribution is 2.28. The third-order valence-electron chi connectivity index (χ3n) is 4.05. The number of nitrogens with zero attached hydrogens (tertiary/aromatic N) is 4. The van der Waals surface area contributed by atoms with E-state index in [4.69, 9.17) is 27.9 Å². The zero-order chi connectivity index (χ0) is 19.0. The first-order valence-electron chi connectivity index (χ1n) is 7.93. The highest BCUT2D eigenvalue weighted by Gasteiger charge is 2.15. The van der Waals surface area contributed by atoms with Crippen molar-refractivity contribution in [2.75, 3.05) is 7.11 Å². The van der Waals surface area contributed by atoms with E-state index in [1.54, 1.807) is 30.5 Å². The molecule has 0 atom stereocenters. The number of esters is 1. The van der Waals surface area contributed by atoms with Gasteiger partial charge in [-0.05, 0) is 24.3 Å². The fourth-order valence-corrected chi connectivity index (χ4v) is 3.02. The van der Waals surface area contributed by atoms with Crippen LogP contribution in [0.15, 0.2) is 54.7 Å². The van der Waals surface area contributed by atoms with E-state index >= 15 is 0 Å². The third kappa shape index (κ3) is 3.25. The zero-order valence-corrected chi connectivity index (χ0v) is 15.6. The average Bonchev–Trinajstić information content (AvgIpc) is 3.19. The number of benzene rings is 2. The van der Waals surface area contributed by atoms with E-state index in [0.717, 1.165) is 5.56 Å². The molecule has 4 aromatic rings. The fraction of sp³-hybridized carbons (Fsp3) is 0.0526. The summed E-state index contributed by atoms with van der Waals surface area (Å²) in [6, 6.07) is 14.2. The zero-order valence-electron chi connectivity index (χ0n) is 14.1. The maximum atomic E-state index is 12.2. The van der Waals surface area contributed by atoms with Gasteiger partial charge in [0.15, 0.2) is 5.82 Å². The summed E-state index contributed by atoms with van der Waals surface area (Å²) in [4.78, 5) is 16.8. The van der Waals surface area contributed by atoms with Gasteiger partial charge in [-0.15, -0.1) is 5.10 Å². The molecule has 2 heterocycles. The predicted molar refractivity (Wildman–Crippen MR) is 103 cm³/mol. The number of carbonyl (C=O) groups excluding carboxylic acids is 1. The van der Waals surface area contributed by atoms with Gasteiger partial charge in [0.2, 0.25) is 0 Å². The van der Waals surface area contributed by atoms with Crippen molar-refractivity contribution in [2.45, 2.75) is 0 Å². The van der Waals surface area contributed by atoms with Crippen molar-refractivity contribution in [1.29, 1.82) is 0 Å². The molecule has 27 heavy (non-hydrogen) atoms. The van der Waals surface area contributed by atoms with Crippen molar-refractivity contribution < 1.29 is 9.53 Å². The van der Waals surface area contributed by atoms with Gasteiger partial charge < -0.3 is 4.74 Å². The normalized spacial score (nSPS) is 10.9. The van der Waals surface area contributed by atoms with Crippen LogP contribution in [-0.2, 0) is 4.74 Å². The van der Waals surface area contributed by atoms with E-state index in [9.17, 15) is 4.79 Å². The van der Waals surface area contributed by atoms with Crippen LogP contribution in [0.1, 0.15) is 10.4 Å². The Bertz CT molecular complexity index is 1170.